The van der Waals surface area contributed by atoms with Gasteiger partial charge in [0.15, 0.2) is 0 Å². The molecule has 0 fully saturated rings. The molecule has 0 spiro atoms. The van der Waals surface area contributed by atoms with Crippen LogP contribution in [0.3, 0.4) is 0 Å². The van der Waals surface area contributed by atoms with E-state index in [9.17, 15) is 4.79 Å². The summed E-state index contributed by atoms with van der Waals surface area (Å²) in [5.41, 5.74) is 1.60. The smallest absolute Gasteiger partial charge is 0.347 e. The fourth-order valence-electron chi connectivity index (χ4n) is 1.88. The van der Waals surface area contributed by atoms with Gasteiger partial charge in [-0.1, -0.05) is 30.3 Å². The molecule has 3 rings (SSSR count). The van der Waals surface area contributed by atoms with E-state index >= 15 is 0 Å². The summed E-state index contributed by atoms with van der Waals surface area (Å²) in [6.45, 7) is 0.520. The van der Waals surface area contributed by atoms with E-state index in [2.05, 4.69) is 10.2 Å². The molecule has 5 heteroatoms. The summed E-state index contributed by atoms with van der Waals surface area (Å²) in [7, 11) is 0. The van der Waals surface area contributed by atoms with Crippen molar-refractivity contribution in [3.63, 3.8) is 0 Å². The first-order chi connectivity index (χ1) is 9.83. The van der Waals surface area contributed by atoms with Crippen LogP contribution >= 0.6 is 0 Å². The third kappa shape index (κ3) is 2.61. The lowest BCUT2D eigenvalue weighted by Crippen LogP contribution is -2.13. The molecule has 0 saturated carbocycles. The van der Waals surface area contributed by atoms with E-state index in [1.165, 1.54) is 10.9 Å². The van der Waals surface area contributed by atoms with Gasteiger partial charge in [-0.3, -0.25) is 0 Å². The highest BCUT2D eigenvalue weighted by molar-refractivity contribution is 5.37. The van der Waals surface area contributed by atoms with Gasteiger partial charge in [0.1, 0.15) is 18.7 Å². The van der Waals surface area contributed by atoms with Crippen molar-refractivity contribution in [2.24, 2.45) is 0 Å². The van der Waals surface area contributed by atoms with Crippen LogP contribution in [-0.4, -0.2) is 14.8 Å². The van der Waals surface area contributed by atoms with Crippen molar-refractivity contribution in [2.75, 3.05) is 0 Å². The van der Waals surface area contributed by atoms with Gasteiger partial charge in [-0.25, -0.2) is 14.5 Å². The Morgan fingerprint density at radius 2 is 1.80 bits per heavy atom. The van der Waals surface area contributed by atoms with E-state index in [0.717, 1.165) is 17.0 Å². The minimum Gasteiger partial charge on any atom is -0.489 e. The number of aromatic amines is 1. The van der Waals surface area contributed by atoms with Crippen molar-refractivity contribution in [1.82, 2.24) is 14.8 Å². The molecule has 0 bridgehead atoms. The minimum absolute atomic E-state index is 0.261. The number of H-pyrrole nitrogens is 1. The van der Waals surface area contributed by atoms with Crippen molar-refractivity contribution in [3.8, 4) is 11.4 Å². The molecular weight excluding hydrogens is 254 g/mol. The van der Waals surface area contributed by atoms with Crippen molar-refractivity contribution >= 4 is 0 Å². The van der Waals surface area contributed by atoms with Crippen LogP contribution in [0.15, 0.2) is 65.7 Å². The topological polar surface area (TPSA) is 59.9 Å². The molecule has 0 aliphatic rings. The summed E-state index contributed by atoms with van der Waals surface area (Å²) < 4.78 is 7.12. The van der Waals surface area contributed by atoms with Crippen LogP contribution in [0.4, 0.5) is 0 Å². The lowest BCUT2D eigenvalue weighted by molar-refractivity contribution is 0.306. The molecule has 1 aromatic heterocycles. The van der Waals surface area contributed by atoms with Gasteiger partial charge in [0, 0.05) is 0 Å². The molecule has 0 saturated heterocycles. The number of ether oxygens (including phenoxy) is 1. The maximum atomic E-state index is 11.4. The fraction of sp³-hybridized carbons (Fsp3) is 0.0667. The maximum absolute atomic E-state index is 11.4. The van der Waals surface area contributed by atoms with Gasteiger partial charge in [0.25, 0.3) is 0 Å². The van der Waals surface area contributed by atoms with Gasteiger partial charge in [-0.15, -0.1) is 0 Å². The largest absolute Gasteiger partial charge is 0.489 e. The summed E-state index contributed by atoms with van der Waals surface area (Å²) in [6, 6.07) is 17.3. The summed E-state index contributed by atoms with van der Waals surface area (Å²) >= 11 is 0. The Bertz CT molecular complexity index is 730. The quantitative estimate of drug-likeness (QED) is 0.787. The Labute approximate surface area is 115 Å². The molecule has 1 N–H and O–H groups in total. The monoisotopic (exact) mass is 267 g/mol. The first-order valence-electron chi connectivity index (χ1n) is 6.22. The average Bonchev–Trinajstić information content (AvgIpc) is 2.93. The Morgan fingerprint density at radius 1 is 1.05 bits per heavy atom. The molecule has 100 valence electrons. The first kappa shape index (κ1) is 12.2. The molecule has 5 nitrogen and oxygen atoms in total. The second kappa shape index (κ2) is 5.44. The van der Waals surface area contributed by atoms with Crippen LogP contribution in [0, 0.1) is 0 Å². The summed E-state index contributed by atoms with van der Waals surface area (Å²) in [5, 5.41) is 6.05. The van der Waals surface area contributed by atoms with Crippen LogP contribution < -0.4 is 10.4 Å². The Morgan fingerprint density at radius 3 is 2.45 bits per heavy atom. The molecule has 0 aliphatic carbocycles. The van der Waals surface area contributed by atoms with E-state index in [0.29, 0.717) is 6.61 Å². The highest BCUT2D eigenvalue weighted by Crippen LogP contribution is 2.15. The summed E-state index contributed by atoms with van der Waals surface area (Å²) in [5.74, 6) is 0.758. The number of nitrogens with zero attached hydrogens (tertiary/aromatic N) is 2. The van der Waals surface area contributed by atoms with Gasteiger partial charge in [0.05, 0.1) is 5.69 Å². The lowest BCUT2D eigenvalue weighted by Gasteiger charge is -2.07. The van der Waals surface area contributed by atoms with Gasteiger partial charge in [-0.2, -0.15) is 5.10 Å². The number of benzene rings is 2. The number of rotatable bonds is 4. The van der Waals surface area contributed by atoms with E-state index in [1.54, 1.807) is 0 Å². The number of hydrogen-bond acceptors (Lipinski definition) is 3. The molecule has 20 heavy (non-hydrogen) atoms. The van der Waals surface area contributed by atoms with Crippen LogP contribution in [0.25, 0.3) is 5.69 Å². The van der Waals surface area contributed by atoms with Crippen molar-refractivity contribution in [3.05, 3.63) is 77.0 Å². The second-order valence-electron chi connectivity index (χ2n) is 4.30. The fourth-order valence-corrected chi connectivity index (χ4v) is 1.88. The average molecular weight is 267 g/mol. The number of nitrogens with one attached hydrogen (secondary N) is 1. The van der Waals surface area contributed by atoms with Crippen molar-refractivity contribution in [1.29, 1.82) is 0 Å². The zero-order valence-corrected chi connectivity index (χ0v) is 10.7. The van der Waals surface area contributed by atoms with E-state index in [4.69, 9.17) is 4.74 Å². The van der Waals surface area contributed by atoms with E-state index in [1.807, 2.05) is 54.6 Å². The van der Waals surface area contributed by atoms with E-state index in [-0.39, 0.29) is 5.69 Å². The second-order valence-corrected chi connectivity index (χ2v) is 4.30. The van der Waals surface area contributed by atoms with Gasteiger partial charge in [0.2, 0.25) is 0 Å². The maximum Gasteiger partial charge on any atom is 0.347 e. The summed E-state index contributed by atoms with van der Waals surface area (Å²) in [6.07, 6.45) is 1.45. The number of hydrogen-bond donors (Lipinski definition) is 1. The summed E-state index contributed by atoms with van der Waals surface area (Å²) in [4.78, 5) is 11.4. The SMILES string of the molecule is O=c1[nH]ncn1-c1ccc(OCc2ccccc2)cc1. The van der Waals surface area contributed by atoms with Crippen LogP contribution in [0.2, 0.25) is 0 Å². The molecule has 3 aromatic rings. The Balaban J connectivity index is 1.71. The Kier molecular flexibility index (Phi) is 3.33. The molecule has 0 aliphatic heterocycles. The Hall–Kier alpha value is -2.82. The highest BCUT2D eigenvalue weighted by Gasteiger charge is 2.01. The molecule has 2 aromatic carbocycles. The third-order valence-electron chi connectivity index (χ3n) is 2.92. The highest BCUT2D eigenvalue weighted by atomic mass is 16.5. The van der Waals surface area contributed by atoms with Crippen LogP contribution in [-0.2, 0) is 6.61 Å². The molecular formula is C15H13N3O2. The number of aromatic nitrogens is 3. The van der Waals surface area contributed by atoms with Crippen molar-refractivity contribution in [2.45, 2.75) is 6.61 Å². The zero-order chi connectivity index (χ0) is 13.8. The zero-order valence-electron chi connectivity index (χ0n) is 10.7. The molecule has 0 radical (unpaired) electrons. The van der Waals surface area contributed by atoms with Crippen LogP contribution in [0.5, 0.6) is 5.75 Å². The predicted octanol–water partition coefficient (Wildman–Crippen LogP) is 2.14. The van der Waals surface area contributed by atoms with Crippen LogP contribution in [0.1, 0.15) is 5.56 Å². The van der Waals surface area contributed by atoms with Gasteiger partial charge < -0.3 is 4.74 Å². The normalized spacial score (nSPS) is 10.4. The third-order valence-corrected chi connectivity index (χ3v) is 2.92. The van der Waals surface area contributed by atoms with E-state index < -0.39 is 0 Å². The molecule has 0 amide bonds. The molecule has 1 heterocycles. The first-order valence-corrected chi connectivity index (χ1v) is 6.22. The lowest BCUT2D eigenvalue weighted by atomic mass is 10.2. The predicted molar refractivity (Wildman–Crippen MR) is 75.0 cm³/mol. The van der Waals surface area contributed by atoms with Gasteiger partial charge >= 0.3 is 5.69 Å². The standard InChI is InChI=1S/C15H13N3O2/c19-15-17-16-11-18(15)13-6-8-14(9-7-13)20-10-12-4-2-1-3-5-12/h1-9,11H,10H2,(H,17,19). The minimum atomic E-state index is -0.261. The van der Waals surface area contributed by atoms with Gasteiger partial charge in [-0.05, 0) is 29.8 Å². The molecule has 0 atom stereocenters. The van der Waals surface area contributed by atoms with Crippen molar-refractivity contribution < 1.29 is 4.74 Å². The molecule has 0 unspecified atom stereocenters.